The molecular formula is C17H25NO. The first-order chi connectivity index (χ1) is 9.26. The molecule has 104 valence electrons. The third-order valence-corrected chi connectivity index (χ3v) is 4.21. The second-order valence-electron chi connectivity index (χ2n) is 5.57. The first-order valence-corrected chi connectivity index (χ1v) is 7.63. The second kappa shape index (κ2) is 6.74. The molecule has 0 fully saturated rings. The Morgan fingerprint density at radius 2 is 2.05 bits per heavy atom. The molecule has 0 spiro atoms. The summed E-state index contributed by atoms with van der Waals surface area (Å²) in [5, 5.41) is 0. The van der Waals surface area contributed by atoms with E-state index in [1.54, 1.807) is 0 Å². The van der Waals surface area contributed by atoms with Crippen molar-refractivity contribution >= 4 is 5.91 Å². The zero-order valence-corrected chi connectivity index (χ0v) is 12.2. The molecule has 2 nitrogen and oxygen atoms in total. The van der Waals surface area contributed by atoms with Gasteiger partial charge in [0.15, 0.2) is 0 Å². The Labute approximate surface area is 116 Å². The normalized spacial score (nSPS) is 16.3. The van der Waals surface area contributed by atoms with Crippen molar-refractivity contribution in [1.82, 2.24) is 4.90 Å². The zero-order valence-electron chi connectivity index (χ0n) is 12.2. The van der Waals surface area contributed by atoms with Crippen molar-refractivity contribution in [2.45, 2.75) is 46.0 Å². The predicted molar refractivity (Wildman–Crippen MR) is 79.4 cm³/mol. The summed E-state index contributed by atoms with van der Waals surface area (Å²) in [6, 6.07) is 8.04. The van der Waals surface area contributed by atoms with E-state index in [0.29, 0.717) is 5.92 Å². The van der Waals surface area contributed by atoms with Crippen molar-refractivity contribution in [2.24, 2.45) is 5.92 Å². The largest absolute Gasteiger partial charge is 0.338 e. The predicted octanol–water partition coefficient (Wildman–Crippen LogP) is 3.90. The number of amides is 1. The standard InChI is InChI=1S/C17H25NO/c1-3-5-8-14(4-2)13-18-12-11-15-9-6-7-10-16(15)17(18)19/h6-7,9-10,14H,3-5,8,11-13H2,1-2H3. The van der Waals surface area contributed by atoms with Crippen LogP contribution in [0.15, 0.2) is 24.3 Å². The summed E-state index contributed by atoms with van der Waals surface area (Å²) in [6.45, 7) is 6.29. The number of nitrogens with zero attached hydrogens (tertiary/aromatic N) is 1. The molecule has 1 aliphatic rings. The molecule has 0 N–H and O–H groups in total. The molecular weight excluding hydrogens is 234 g/mol. The highest BCUT2D eigenvalue weighted by atomic mass is 16.2. The smallest absolute Gasteiger partial charge is 0.254 e. The van der Waals surface area contributed by atoms with Crippen LogP contribution >= 0.6 is 0 Å². The molecule has 19 heavy (non-hydrogen) atoms. The van der Waals surface area contributed by atoms with E-state index in [1.807, 2.05) is 18.2 Å². The van der Waals surface area contributed by atoms with Crippen LogP contribution in [-0.2, 0) is 6.42 Å². The lowest BCUT2D eigenvalue weighted by Gasteiger charge is -2.31. The van der Waals surface area contributed by atoms with Crippen molar-refractivity contribution in [3.8, 4) is 0 Å². The Hall–Kier alpha value is -1.31. The summed E-state index contributed by atoms with van der Waals surface area (Å²) in [4.78, 5) is 14.5. The van der Waals surface area contributed by atoms with Gasteiger partial charge in [-0.05, 0) is 30.4 Å². The molecule has 0 saturated carbocycles. The van der Waals surface area contributed by atoms with Crippen LogP contribution in [0.1, 0.15) is 55.5 Å². The maximum Gasteiger partial charge on any atom is 0.254 e. The molecule has 1 unspecified atom stereocenters. The van der Waals surface area contributed by atoms with E-state index in [9.17, 15) is 4.79 Å². The Morgan fingerprint density at radius 3 is 2.79 bits per heavy atom. The molecule has 1 amide bonds. The van der Waals surface area contributed by atoms with Crippen LogP contribution in [0, 0.1) is 5.92 Å². The fraction of sp³-hybridized carbons (Fsp3) is 0.588. The van der Waals surface area contributed by atoms with Gasteiger partial charge in [0.25, 0.3) is 5.91 Å². The fourth-order valence-corrected chi connectivity index (χ4v) is 2.88. The van der Waals surface area contributed by atoms with Gasteiger partial charge < -0.3 is 4.90 Å². The third kappa shape index (κ3) is 3.37. The number of hydrogen-bond donors (Lipinski definition) is 0. The van der Waals surface area contributed by atoms with Gasteiger partial charge in [-0.25, -0.2) is 0 Å². The number of carbonyl (C=O) groups is 1. The Kier molecular flexibility index (Phi) is 5.00. The maximum absolute atomic E-state index is 12.5. The number of unbranched alkanes of at least 4 members (excludes halogenated alkanes) is 1. The lowest BCUT2D eigenvalue weighted by molar-refractivity contribution is 0.0706. The van der Waals surface area contributed by atoms with Crippen LogP contribution in [0.5, 0.6) is 0 Å². The van der Waals surface area contributed by atoms with Gasteiger partial charge >= 0.3 is 0 Å². The summed E-state index contributed by atoms with van der Waals surface area (Å²) < 4.78 is 0. The first kappa shape index (κ1) is 14.1. The van der Waals surface area contributed by atoms with Crippen molar-refractivity contribution < 1.29 is 4.79 Å². The van der Waals surface area contributed by atoms with Crippen LogP contribution in [-0.4, -0.2) is 23.9 Å². The van der Waals surface area contributed by atoms with Crippen molar-refractivity contribution in [3.63, 3.8) is 0 Å². The Bertz CT molecular complexity index is 427. The van der Waals surface area contributed by atoms with E-state index in [2.05, 4.69) is 24.8 Å². The van der Waals surface area contributed by atoms with Gasteiger partial charge in [0.1, 0.15) is 0 Å². The second-order valence-corrected chi connectivity index (χ2v) is 5.57. The van der Waals surface area contributed by atoms with Gasteiger partial charge in [-0.3, -0.25) is 4.79 Å². The minimum absolute atomic E-state index is 0.233. The average molecular weight is 259 g/mol. The summed E-state index contributed by atoms with van der Waals surface area (Å²) in [7, 11) is 0. The molecule has 0 aromatic heterocycles. The van der Waals surface area contributed by atoms with Crippen LogP contribution < -0.4 is 0 Å². The number of fused-ring (bicyclic) bond motifs is 1. The summed E-state index contributed by atoms with van der Waals surface area (Å²) in [6.07, 6.45) is 5.94. The molecule has 1 aromatic carbocycles. The van der Waals surface area contributed by atoms with Gasteiger partial charge in [-0.2, -0.15) is 0 Å². The number of carbonyl (C=O) groups excluding carboxylic acids is 1. The molecule has 0 aliphatic carbocycles. The molecule has 0 saturated heterocycles. The van der Waals surface area contributed by atoms with Crippen LogP contribution in [0.2, 0.25) is 0 Å². The minimum Gasteiger partial charge on any atom is -0.338 e. The molecule has 1 heterocycles. The minimum atomic E-state index is 0.233. The van der Waals surface area contributed by atoms with Gasteiger partial charge in [-0.1, -0.05) is 51.3 Å². The van der Waals surface area contributed by atoms with Gasteiger partial charge in [0.05, 0.1) is 0 Å². The molecule has 2 rings (SSSR count). The van der Waals surface area contributed by atoms with Crippen molar-refractivity contribution in [1.29, 1.82) is 0 Å². The van der Waals surface area contributed by atoms with Crippen LogP contribution in [0.4, 0.5) is 0 Å². The highest BCUT2D eigenvalue weighted by molar-refractivity contribution is 5.96. The Morgan fingerprint density at radius 1 is 1.26 bits per heavy atom. The fourth-order valence-electron chi connectivity index (χ4n) is 2.88. The highest BCUT2D eigenvalue weighted by Gasteiger charge is 2.25. The lowest BCUT2D eigenvalue weighted by Crippen LogP contribution is -2.40. The number of rotatable bonds is 6. The number of benzene rings is 1. The summed E-state index contributed by atoms with van der Waals surface area (Å²) in [5.74, 6) is 0.894. The summed E-state index contributed by atoms with van der Waals surface area (Å²) in [5.41, 5.74) is 2.13. The average Bonchev–Trinajstić information content (AvgIpc) is 2.46. The van der Waals surface area contributed by atoms with Gasteiger partial charge in [-0.15, -0.1) is 0 Å². The van der Waals surface area contributed by atoms with Crippen LogP contribution in [0.3, 0.4) is 0 Å². The molecule has 2 heteroatoms. The van der Waals surface area contributed by atoms with E-state index in [1.165, 1.54) is 31.2 Å². The molecule has 1 aliphatic heterocycles. The van der Waals surface area contributed by atoms with E-state index >= 15 is 0 Å². The van der Waals surface area contributed by atoms with Crippen molar-refractivity contribution in [2.75, 3.05) is 13.1 Å². The monoisotopic (exact) mass is 259 g/mol. The van der Waals surface area contributed by atoms with E-state index in [4.69, 9.17) is 0 Å². The van der Waals surface area contributed by atoms with E-state index in [-0.39, 0.29) is 5.91 Å². The SMILES string of the molecule is CCCCC(CC)CN1CCc2ccccc2C1=O. The third-order valence-electron chi connectivity index (χ3n) is 4.21. The molecule has 0 bridgehead atoms. The highest BCUT2D eigenvalue weighted by Crippen LogP contribution is 2.22. The van der Waals surface area contributed by atoms with Crippen molar-refractivity contribution in [3.05, 3.63) is 35.4 Å². The van der Waals surface area contributed by atoms with E-state index in [0.717, 1.165) is 25.1 Å². The number of hydrogen-bond acceptors (Lipinski definition) is 1. The van der Waals surface area contributed by atoms with E-state index < -0.39 is 0 Å². The van der Waals surface area contributed by atoms with Gasteiger partial charge in [0.2, 0.25) is 0 Å². The topological polar surface area (TPSA) is 20.3 Å². The van der Waals surface area contributed by atoms with Crippen LogP contribution in [0.25, 0.3) is 0 Å². The lowest BCUT2D eigenvalue weighted by atomic mass is 9.95. The van der Waals surface area contributed by atoms with Gasteiger partial charge in [0, 0.05) is 18.7 Å². The molecule has 0 radical (unpaired) electrons. The maximum atomic E-state index is 12.5. The zero-order chi connectivity index (χ0) is 13.7. The Balaban J connectivity index is 2.01. The summed E-state index contributed by atoms with van der Waals surface area (Å²) >= 11 is 0. The first-order valence-electron chi connectivity index (χ1n) is 7.63. The molecule has 1 atom stereocenters. The molecule has 1 aromatic rings. The quantitative estimate of drug-likeness (QED) is 0.758.